The van der Waals surface area contributed by atoms with Crippen molar-refractivity contribution in [2.45, 2.75) is 30.8 Å². The summed E-state index contributed by atoms with van der Waals surface area (Å²) in [5, 5.41) is 75.8. The Bertz CT molecular complexity index is 903. The second-order valence-electron chi connectivity index (χ2n) is 8.97. The van der Waals surface area contributed by atoms with E-state index < -0.39 is 50.8 Å². The number of hydrogen-bond donors (Lipinski definition) is 8. The second kappa shape index (κ2) is 15.6. The molecule has 0 radical (unpaired) electrons. The summed E-state index contributed by atoms with van der Waals surface area (Å²) in [4.78, 5) is 16.1. The topological polar surface area (TPSA) is 185 Å². The maximum Gasteiger partial charge on any atom is 0.167 e. The van der Waals surface area contributed by atoms with Crippen LogP contribution in [0.25, 0.3) is 0 Å². The second-order valence-corrected chi connectivity index (χ2v) is 8.97. The van der Waals surface area contributed by atoms with Gasteiger partial charge in [0.25, 0.3) is 0 Å². The van der Waals surface area contributed by atoms with Crippen LogP contribution >= 0.6 is 0 Å². The lowest BCUT2D eigenvalue weighted by molar-refractivity contribution is 0.0838. The van der Waals surface area contributed by atoms with Crippen LogP contribution < -0.4 is 9.80 Å². The normalized spacial score (nSPS) is 14.6. The van der Waals surface area contributed by atoms with Crippen molar-refractivity contribution in [1.82, 2.24) is 0 Å². The third-order valence-electron chi connectivity index (χ3n) is 5.79. The van der Waals surface area contributed by atoms with Gasteiger partial charge in [-0.3, -0.25) is 4.79 Å². The summed E-state index contributed by atoms with van der Waals surface area (Å²) in [6, 6.07) is 13.6. The van der Waals surface area contributed by atoms with Gasteiger partial charge >= 0.3 is 0 Å². The Morgan fingerprint density at radius 1 is 0.568 bits per heavy atom. The molecule has 0 aliphatic heterocycles. The van der Waals surface area contributed by atoms with Crippen LogP contribution in [0.3, 0.4) is 0 Å². The van der Waals surface area contributed by atoms with Gasteiger partial charge in [0.15, 0.2) is 5.78 Å². The van der Waals surface area contributed by atoms with Gasteiger partial charge in [0.05, 0.1) is 50.8 Å². The number of carbonyl (C=O) groups excluding carboxylic acids is 1. The number of nitrogens with zero attached hydrogens (tertiary/aromatic N) is 2. The van der Waals surface area contributed by atoms with Crippen LogP contribution in [0.2, 0.25) is 0 Å². The maximum absolute atomic E-state index is 12.8. The predicted octanol–water partition coefficient (Wildman–Crippen LogP) is -1.86. The maximum atomic E-state index is 12.8. The standard InChI is InChI=1S/C26H38N2O9/c29-14-22(33)10-27(11-23(34)15-30)20-5-1-18(2-6-20)9-26(37)19-3-7-21(8-4-19)28(12-24(35)16-31)13-25(36)17-32/h1-8,22-25,29-36H,9-17H2. The van der Waals surface area contributed by atoms with Crippen LogP contribution in [0.5, 0.6) is 0 Å². The van der Waals surface area contributed by atoms with Crippen LogP contribution in [0, 0.1) is 0 Å². The van der Waals surface area contributed by atoms with Crippen LogP contribution in [0.15, 0.2) is 48.5 Å². The number of aliphatic hydroxyl groups is 8. The Balaban J connectivity index is 2.09. The lowest BCUT2D eigenvalue weighted by atomic mass is 10.0. The zero-order chi connectivity index (χ0) is 27.4. The molecule has 8 N–H and O–H groups in total. The van der Waals surface area contributed by atoms with Gasteiger partial charge in [-0.25, -0.2) is 0 Å². The van der Waals surface area contributed by atoms with E-state index in [4.69, 9.17) is 20.4 Å². The molecule has 4 atom stereocenters. The zero-order valence-electron chi connectivity index (χ0n) is 20.7. The van der Waals surface area contributed by atoms with Gasteiger partial charge in [0.1, 0.15) is 0 Å². The molecular weight excluding hydrogens is 484 g/mol. The number of Topliss-reactive ketones (excluding diaryl/α,β-unsaturated/α-hetero) is 1. The van der Waals surface area contributed by atoms with Crippen molar-refractivity contribution >= 4 is 17.2 Å². The van der Waals surface area contributed by atoms with Crippen molar-refractivity contribution in [2.24, 2.45) is 0 Å². The molecule has 0 aliphatic rings. The molecule has 2 aromatic carbocycles. The van der Waals surface area contributed by atoms with Gasteiger partial charge in [-0.15, -0.1) is 0 Å². The third-order valence-corrected chi connectivity index (χ3v) is 5.79. The molecule has 0 heterocycles. The summed E-state index contributed by atoms with van der Waals surface area (Å²) in [6.07, 6.45) is -4.00. The van der Waals surface area contributed by atoms with Crippen LogP contribution in [0.1, 0.15) is 15.9 Å². The molecule has 37 heavy (non-hydrogen) atoms. The van der Waals surface area contributed by atoms with Gasteiger partial charge in [-0.2, -0.15) is 0 Å². The highest BCUT2D eigenvalue weighted by Gasteiger charge is 2.18. The number of anilines is 2. The summed E-state index contributed by atoms with van der Waals surface area (Å²) in [5.74, 6) is -0.139. The third kappa shape index (κ3) is 9.99. The Morgan fingerprint density at radius 3 is 1.22 bits per heavy atom. The molecule has 0 bridgehead atoms. The van der Waals surface area contributed by atoms with Gasteiger partial charge in [0.2, 0.25) is 0 Å². The first kappa shape index (κ1) is 30.6. The van der Waals surface area contributed by atoms with E-state index >= 15 is 0 Å². The minimum atomic E-state index is -1.04. The molecule has 11 nitrogen and oxygen atoms in total. The number of hydrogen-bond acceptors (Lipinski definition) is 11. The quantitative estimate of drug-likeness (QED) is 0.109. The van der Waals surface area contributed by atoms with E-state index in [-0.39, 0.29) is 38.4 Å². The average molecular weight is 523 g/mol. The van der Waals surface area contributed by atoms with Crippen LogP contribution in [0.4, 0.5) is 11.4 Å². The van der Waals surface area contributed by atoms with E-state index in [1.54, 1.807) is 58.3 Å². The SMILES string of the molecule is O=C(Cc1ccc(N(CC(O)CO)CC(O)CO)cc1)c1ccc(N(CC(O)CO)CC(O)CO)cc1. The highest BCUT2D eigenvalue weighted by atomic mass is 16.3. The molecule has 2 rings (SSSR count). The van der Waals surface area contributed by atoms with Crippen molar-refractivity contribution in [3.63, 3.8) is 0 Å². The first-order chi connectivity index (χ1) is 17.7. The number of benzene rings is 2. The Hall–Kier alpha value is -2.61. The Morgan fingerprint density at radius 2 is 0.892 bits per heavy atom. The molecule has 0 spiro atoms. The molecule has 11 heteroatoms. The molecule has 0 saturated carbocycles. The number of aliphatic hydroxyl groups excluding tert-OH is 8. The molecule has 4 unspecified atom stereocenters. The van der Waals surface area contributed by atoms with E-state index in [9.17, 15) is 25.2 Å². The lowest BCUT2D eigenvalue weighted by Gasteiger charge is -2.28. The van der Waals surface area contributed by atoms with Gasteiger partial charge in [-0.1, -0.05) is 12.1 Å². The fourth-order valence-electron chi connectivity index (χ4n) is 3.79. The highest BCUT2D eigenvalue weighted by Crippen LogP contribution is 2.20. The monoisotopic (exact) mass is 522 g/mol. The fourth-order valence-corrected chi connectivity index (χ4v) is 3.79. The van der Waals surface area contributed by atoms with Gasteiger partial charge in [0, 0.05) is 49.5 Å². The molecular formula is C26H38N2O9. The van der Waals surface area contributed by atoms with E-state index in [0.717, 1.165) is 5.56 Å². The summed E-state index contributed by atoms with van der Waals surface area (Å²) >= 11 is 0. The molecule has 0 saturated heterocycles. The molecule has 0 amide bonds. The van der Waals surface area contributed by atoms with E-state index in [0.29, 0.717) is 16.9 Å². The molecule has 0 aromatic heterocycles. The predicted molar refractivity (Wildman–Crippen MR) is 138 cm³/mol. The van der Waals surface area contributed by atoms with Gasteiger partial charge < -0.3 is 50.7 Å². The first-order valence-corrected chi connectivity index (χ1v) is 12.1. The van der Waals surface area contributed by atoms with Crippen LogP contribution in [-0.4, -0.2) is 124 Å². The van der Waals surface area contributed by atoms with E-state index in [1.807, 2.05) is 0 Å². The van der Waals surface area contributed by atoms with Crippen molar-refractivity contribution in [3.8, 4) is 0 Å². The largest absolute Gasteiger partial charge is 0.394 e. The molecule has 206 valence electrons. The van der Waals surface area contributed by atoms with Crippen molar-refractivity contribution in [3.05, 3.63) is 59.7 Å². The molecule has 0 fully saturated rings. The zero-order valence-corrected chi connectivity index (χ0v) is 20.7. The molecule has 0 aliphatic carbocycles. The van der Waals surface area contributed by atoms with Crippen LogP contribution in [-0.2, 0) is 6.42 Å². The minimum absolute atomic E-state index is 0.0366. The Kier molecular flexibility index (Phi) is 12.9. The van der Waals surface area contributed by atoms with E-state index in [1.165, 1.54) is 0 Å². The number of rotatable bonds is 17. The molecule has 2 aromatic rings. The Labute approximate surface area is 216 Å². The van der Waals surface area contributed by atoms with Gasteiger partial charge in [-0.05, 0) is 42.0 Å². The smallest absolute Gasteiger partial charge is 0.167 e. The first-order valence-electron chi connectivity index (χ1n) is 12.1. The van der Waals surface area contributed by atoms with E-state index in [2.05, 4.69) is 0 Å². The summed E-state index contributed by atoms with van der Waals surface area (Å²) < 4.78 is 0. The average Bonchev–Trinajstić information content (AvgIpc) is 2.92. The summed E-state index contributed by atoms with van der Waals surface area (Å²) in [7, 11) is 0. The van der Waals surface area contributed by atoms with Crippen molar-refractivity contribution in [2.75, 3.05) is 62.4 Å². The highest BCUT2D eigenvalue weighted by molar-refractivity contribution is 5.97. The summed E-state index contributed by atoms with van der Waals surface area (Å²) in [6.45, 7) is -1.62. The van der Waals surface area contributed by atoms with Crippen molar-refractivity contribution in [1.29, 1.82) is 0 Å². The van der Waals surface area contributed by atoms with Crippen molar-refractivity contribution < 1.29 is 45.6 Å². The minimum Gasteiger partial charge on any atom is -0.394 e. The fraction of sp³-hybridized carbons (Fsp3) is 0.500. The number of ketones is 1. The lowest BCUT2D eigenvalue weighted by Crippen LogP contribution is -2.40. The number of carbonyl (C=O) groups is 1. The summed E-state index contributed by atoms with van der Waals surface area (Å²) in [5.41, 5.74) is 2.45.